The first kappa shape index (κ1) is 20.6. The lowest BCUT2D eigenvalue weighted by atomic mass is 9.89. The predicted molar refractivity (Wildman–Crippen MR) is 91.7 cm³/mol. The van der Waals surface area contributed by atoms with Crippen molar-refractivity contribution in [1.29, 1.82) is 0 Å². The van der Waals surface area contributed by atoms with E-state index in [2.05, 4.69) is 41.5 Å². The van der Waals surface area contributed by atoms with Crippen LogP contribution in [0, 0.1) is 5.41 Å². The first-order chi connectivity index (χ1) is 9.60. The Kier molecular flexibility index (Phi) is 10.2. The highest BCUT2D eigenvalue weighted by atomic mass is 16.5. The molecular formula is C19H38O2. The lowest BCUT2D eigenvalue weighted by molar-refractivity contribution is -0.119. The second kappa shape index (κ2) is 10.4. The largest absolute Gasteiger partial charge is 0.376 e. The number of Topliss-reactive ketones (excluding diaryl/α,β-unsaturated/α-hetero) is 1. The molecule has 0 aromatic carbocycles. The number of carbonyl (C=O) groups excluding carboxylic acids is 1. The molecular weight excluding hydrogens is 260 g/mol. The molecule has 126 valence electrons. The van der Waals surface area contributed by atoms with Gasteiger partial charge in [0.15, 0.2) is 0 Å². The van der Waals surface area contributed by atoms with Crippen LogP contribution >= 0.6 is 0 Å². The summed E-state index contributed by atoms with van der Waals surface area (Å²) in [7, 11) is 0. The highest BCUT2D eigenvalue weighted by Crippen LogP contribution is 2.22. The average molecular weight is 299 g/mol. The molecule has 0 saturated carbocycles. The summed E-state index contributed by atoms with van der Waals surface area (Å²) in [6.07, 6.45) is 9.57. The number of rotatable bonds is 11. The van der Waals surface area contributed by atoms with Gasteiger partial charge in [-0.05, 0) is 51.9 Å². The van der Waals surface area contributed by atoms with Gasteiger partial charge in [-0.2, -0.15) is 0 Å². The zero-order valence-electron chi connectivity index (χ0n) is 15.4. The molecule has 0 bridgehead atoms. The van der Waals surface area contributed by atoms with Crippen LogP contribution in [0.4, 0.5) is 0 Å². The molecule has 0 heterocycles. The van der Waals surface area contributed by atoms with Crippen molar-refractivity contribution >= 4 is 5.78 Å². The van der Waals surface area contributed by atoms with Crippen molar-refractivity contribution < 1.29 is 9.53 Å². The Hall–Kier alpha value is -0.370. The van der Waals surface area contributed by atoms with Gasteiger partial charge in [0.25, 0.3) is 0 Å². The molecule has 0 aromatic heterocycles. The smallest absolute Gasteiger partial charge is 0.132 e. The standard InChI is InChI=1S/C19H38O2/c1-18(2,3)15-12-14-17(20)13-10-8-7-9-11-16-21-19(4,5)6/h7-16H2,1-6H3. The molecule has 0 fully saturated rings. The van der Waals surface area contributed by atoms with Crippen molar-refractivity contribution in [3.8, 4) is 0 Å². The van der Waals surface area contributed by atoms with E-state index in [0.717, 1.165) is 45.1 Å². The van der Waals surface area contributed by atoms with Crippen LogP contribution in [0.15, 0.2) is 0 Å². The Morgan fingerprint density at radius 3 is 1.86 bits per heavy atom. The Morgan fingerprint density at radius 2 is 1.29 bits per heavy atom. The van der Waals surface area contributed by atoms with Crippen molar-refractivity contribution in [3.63, 3.8) is 0 Å². The first-order valence-corrected chi connectivity index (χ1v) is 8.76. The van der Waals surface area contributed by atoms with E-state index in [1.54, 1.807) is 0 Å². The van der Waals surface area contributed by atoms with Gasteiger partial charge in [-0.15, -0.1) is 0 Å². The van der Waals surface area contributed by atoms with Gasteiger partial charge in [-0.3, -0.25) is 4.79 Å². The Morgan fingerprint density at radius 1 is 0.762 bits per heavy atom. The van der Waals surface area contributed by atoms with E-state index in [0.29, 0.717) is 11.2 Å². The second-order valence-electron chi connectivity index (χ2n) is 8.43. The molecule has 0 rings (SSSR count). The molecule has 0 radical (unpaired) electrons. The molecule has 2 nitrogen and oxygen atoms in total. The van der Waals surface area contributed by atoms with Crippen LogP contribution < -0.4 is 0 Å². The second-order valence-corrected chi connectivity index (χ2v) is 8.43. The van der Waals surface area contributed by atoms with E-state index in [9.17, 15) is 4.79 Å². The monoisotopic (exact) mass is 298 g/mol. The van der Waals surface area contributed by atoms with Crippen molar-refractivity contribution in [2.75, 3.05) is 6.61 Å². The van der Waals surface area contributed by atoms with Gasteiger partial charge in [0.1, 0.15) is 5.78 Å². The Balaban J connectivity index is 3.33. The molecule has 0 aromatic rings. The summed E-state index contributed by atoms with van der Waals surface area (Å²) in [5.74, 6) is 0.454. The van der Waals surface area contributed by atoms with Gasteiger partial charge in [0, 0.05) is 19.4 Å². The fourth-order valence-electron chi connectivity index (χ4n) is 2.27. The first-order valence-electron chi connectivity index (χ1n) is 8.76. The Bertz CT molecular complexity index is 268. The molecule has 0 atom stereocenters. The van der Waals surface area contributed by atoms with Crippen molar-refractivity contribution in [3.05, 3.63) is 0 Å². The van der Waals surface area contributed by atoms with Crippen molar-refractivity contribution in [2.45, 2.75) is 105 Å². The summed E-state index contributed by atoms with van der Waals surface area (Å²) in [5, 5.41) is 0. The fourth-order valence-corrected chi connectivity index (χ4v) is 2.27. The summed E-state index contributed by atoms with van der Waals surface area (Å²) in [5.41, 5.74) is 0.342. The third-order valence-corrected chi connectivity index (χ3v) is 3.52. The minimum Gasteiger partial charge on any atom is -0.376 e. The maximum atomic E-state index is 11.8. The number of ketones is 1. The van der Waals surface area contributed by atoms with Crippen molar-refractivity contribution in [2.24, 2.45) is 5.41 Å². The van der Waals surface area contributed by atoms with Gasteiger partial charge in [-0.25, -0.2) is 0 Å². The van der Waals surface area contributed by atoms with Gasteiger partial charge < -0.3 is 4.74 Å². The van der Waals surface area contributed by atoms with Gasteiger partial charge >= 0.3 is 0 Å². The third-order valence-electron chi connectivity index (χ3n) is 3.52. The average Bonchev–Trinajstić information content (AvgIpc) is 2.29. The van der Waals surface area contributed by atoms with Crippen LogP contribution in [0.25, 0.3) is 0 Å². The molecule has 0 unspecified atom stereocenters. The number of carbonyl (C=O) groups is 1. The minimum atomic E-state index is -0.0144. The SMILES string of the molecule is CC(C)(C)CCCC(=O)CCCCCCCOC(C)(C)C. The van der Waals surface area contributed by atoms with E-state index in [1.807, 2.05) is 0 Å². The van der Waals surface area contributed by atoms with E-state index < -0.39 is 0 Å². The predicted octanol–water partition coefficient (Wildman–Crippen LogP) is 5.93. The van der Waals surface area contributed by atoms with Crippen LogP contribution in [0.5, 0.6) is 0 Å². The van der Waals surface area contributed by atoms with E-state index >= 15 is 0 Å². The topological polar surface area (TPSA) is 26.3 Å². The molecule has 0 aliphatic carbocycles. The van der Waals surface area contributed by atoms with Crippen LogP contribution in [-0.4, -0.2) is 18.0 Å². The lowest BCUT2D eigenvalue weighted by Crippen LogP contribution is -2.19. The Labute approximate surface area is 133 Å². The minimum absolute atomic E-state index is 0.0144. The van der Waals surface area contributed by atoms with Gasteiger partial charge in [0.2, 0.25) is 0 Å². The summed E-state index contributed by atoms with van der Waals surface area (Å²) in [4.78, 5) is 11.8. The molecule has 0 amide bonds. The summed E-state index contributed by atoms with van der Waals surface area (Å²) >= 11 is 0. The van der Waals surface area contributed by atoms with Crippen LogP contribution in [0.3, 0.4) is 0 Å². The molecule has 0 saturated heterocycles. The molecule has 0 aliphatic heterocycles. The maximum Gasteiger partial charge on any atom is 0.132 e. The normalized spacial score (nSPS) is 12.7. The molecule has 2 heteroatoms. The molecule has 0 spiro atoms. The third kappa shape index (κ3) is 17.6. The highest BCUT2D eigenvalue weighted by Gasteiger charge is 2.11. The summed E-state index contributed by atoms with van der Waals surface area (Å²) in [6, 6.07) is 0. The van der Waals surface area contributed by atoms with Gasteiger partial charge in [0.05, 0.1) is 5.60 Å². The summed E-state index contributed by atoms with van der Waals surface area (Å²) < 4.78 is 5.69. The number of hydrogen-bond donors (Lipinski definition) is 0. The highest BCUT2D eigenvalue weighted by molar-refractivity contribution is 5.78. The lowest BCUT2D eigenvalue weighted by Gasteiger charge is -2.19. The molecule has 0 aliphatic rings. The maximum absolute atomic E-state index is 11.8. The number of unbranched alkanes of at least 4 members (excludes halogenated alkanes) is 4. The van der Waals surface area contributed by atoms with Crippen LogP contribution in [0.1, 0.15) is 99.3 Å². The van der Waals surface area contributed by atoms with Gasteiger partial charge in [-0.1, -0.05) is 40.0 Å². The number of hydrogen-bond acceptors (Lipinski definition) is 2. The zero-order valence-corrected chi connectivity index (χ0v) is 15.4. The summed E-state index contributed by atoms with van der Waals surface area (Å²) in [6.45, 7) is 13.9. The van der Waals surface area contributed by atoms with Crippen LogP contribution in [0.2, 0.25) is 0 Å². The molecule has 0 N–H and O–H groups in total. The number of ether oxygens (including phenoxy) is 1. The van der Waals surface area contributed by atoms with E-state index in [-0.39, 0.29) is 5.60 Å². The quantitative estimate of drug-likeness (QED) is 0.442. The van der Waals surface area contributed by atoms with E-state index in [1.165, 1.54) is 19.3 Å². The molecule has 21 heavy (non-hydrogen) atoms. The zero-order chi connectivity index (χ0) is 16.4. The van der Waals surface area contributed by atoms with Crippen LogP contribution in [-0.2, 0) is 9.53 Å². The van der Waals surface area contributed by atoms with Crippen molar-refractivity contribution in [1.82, 2.24) is 0 Å². The fraction of sp³-hybridized carbons (Fsp3) is 0.947. The van der Waals surface area contributed by atoms with E-state index in [4.69, 9.17) is 4.74 Å².